The number of hydrogen-bond donors (Lipinski definition) is 0. The molecule has 0 aromatic heterocycles. The molecule has 84 valence electrons. The van der Waals surface area contributed by atoms with Crippen LogP contribution in [-0.2, 0) is 13.6 Å². The van der Waals surface area contributed by atoms with Gasteiger partial charge in [0.15, 0.2) is 0 Å². The number of allylic oxidation sites excluding steroid dienone is 1. The zero-order valence-electron chi connectivity index (χ0n) is 8.66. The molecule has 0 N–H and O–H groups in total. The van der Waals surface area contributed by atoms with E-state index >= 15 is 0 Å². The van der Waals surface area contributed by atoms with Crippen LogP contribution in [0.4, 0.5) is 0 Å². The second-order valence-corrected chi connectivity index (χ2v) is 5.36. The van der Waals surface area contributed by atoms with E-state index < -0.39 is 7.60 Å². The van der Waals surface area contributed by atoms with Crippen LogP contribution in [0.3, 0.4) is 0 Å². The van der Waals surface area contributed by atoms with Crippen LogP contribution in [0.2, 0.25) is 0 Å². The monoisotopic (exact) mass is 258 g/mol. The van der Waals surface area contributed by atoms with Crippen LogP contribution < -0.4 is 0 Å². The van der Waals surface area contributed by atoms with Gasteiger partial charge in [0.1, 0.15) is 0 Å². The second-order valence-electron chi connectivity index (χ2n) is 2.31. The van der Waals surface area contributed by atoms with Crippen molar-refractivity contribution in [3.05, 3.63) is 10.7 Å². The van der Waals surface area contributed by atoms with Crippen LogP contribution in [0.25, 0.3) is 0 Å². The molecule has 0 amide bonds. The molecule has 6 heteroatoms. The molecule has 0 heterocycles. The molecule has 0 spiro atoms. The molecule has 0 aliphatic carbocycles. The quantitative estimate of drug-likeness (QED) is 0.515. The van der Waals surface area contributed by atoms with Crippen LogP contribution in [0.15, 0.2) is 10.7 Å². The van der Waals surface area contributed by atoms with Gasteiger partial charge in [-0.15, -0.1) is 23.4 Å². The lowest BCUT2D eigenvalue weighted by Crippen LogP contribution is -1.94. The van der Waals surface area contributed by atoms with E-state index in [1.54, 1.807) is 13.8 Å². The largest absolute Gasteiger partial charge is 0.354 e. The van der Waals surface area contributed by atoms with Gasteiger partial charge in [-0.25, -0.2) is 0 Å². The average Bonchev–Trinajstić information content (AvgIpc) is 2.15. The molecular formula is C8H16ClO3PS. The molecule has 0 aliphatic heterocycles. The van der Waals surface area contributed by atoms with Gasteiger partial charge >= 0.3 is 7.60 Å². The summed E-state index contributed by atoms with van der Waals surface area (Å²) in [6.45, 7) is 4.27. The van der Waals surface area contributed by atoms with E-state index in [4.69, 9.17) is 20.6 Å². The van der Waals surface area contributed by atoms with E-state index in [1.807, 2.05) is 6.26 Å². The zero-order chi connectivity index (χ0) is 11.0. The Morgan fingerprint density at radius 1 is 1.43 bits per heavy atom. The second kappa shape index (κ2) is 7.77. The maximum Gasteiger partial charge on any atom is 0.354 e. The third kappa shape index (κ3) is 5.42. The van der Waals surface area contributed by atoms with Crippen molar-refractivity contribution in [2.24, 2.45) is 0 Å². The lowest BCUT2D eigenvalue weighted by molar-refractivity contribution is 0.229. The number of rotatable bonds is 7. The highest BCUT2D eigenvalue weighted by Crippen LogP contribution is 2.51. The molecule has 0 fully saturated rings. The molecule has 0 saturated heterocycles. The molecule has 0 saturated carbocycles. The summed E-state index contributed by atoms with van der Waals surface area (Å²) in [7, 11) is -3.08. The minimum atomic E-state index is -3.08. The van der Waals surface area contributed by atoms with E-state index in [9.17, 15) is 4.57 Å². The van der Waals surface area contributed by atoms with E-state index in [0.717, 1.165) is 4.91 Å². The maximum atomic E-state index is 11.9. The summed E-state index contributed by atoms with van der Waals surface area (Å²) in [4.78, 5) is 0.803. The molecule has 0 aromatic carbocycles. The van der Waals surface area contributed by atoms with Gasteiger partial charge in [-0.3, -0.25) is 4.57 Å². The van der Waals surface area contributed by atoms with Gasteiger partial charge < -0.3 is 9.05 Å². The molecule has 0 radical (unpaired) electrons. The summed E-state index contributed by atoms with van der Waals surface area (Å²) in [6.07, 6.45) is 1.87. The molecule has 0 bridgehead atoms. The first-order valence-electron chi connectivity index (χ1n) is 4.32. The van der Waals surface area contributed by atoms with Crippen molar-refractivity contribution < 1.29 is 13.6 Å². The smallest absolute Gasteiger partial charge is 0.306 e. The Morgan fingerprint density at radius 3 is 2.21 bits per heavy atom. The average molecular weight is 259 g/mol. The van der Waals surface area contributed by atoms with Crippen molar-refractivity contribution in [3.63, 3.8) is 0 Å². The fourth-order valence-electron chi connectivity index (χ4n) is 0.790. The maximum absolute atomic E-state index is 11.9. The van der Waals surface area contributed by atoms with Gasteiger partial charge in [-0.2, -0.15) is 0 Å². The van der Waals surface area contributed by atoms with Crippen molar-refractivity contribution in [1.82, 2.24) is 0 Å². The molecule has 3 nitrogen and oxygen atoms in total. The summed E-state index contributed by atoms with van der Waals surface area (Å²) >= 11 is 7.10. The van der Waals surface area contributed by atoms with E-state index in [0.29, 0.717) is 19.1 Å². The van der Waals surface area contributed by atoms with Gasteiger partial charge in [0.2, 0.25) is 0 Å². The topological polar surface area (TPSA) is 35.5 Å². The van der Waals surface area contributed by atoms with Crippen LogP contribution in [0.1, 0.15) is 13.8 Å². The van der Waals surface area contributed by atoms with Gasteiger partial charge in [0.05, 0.1) is 19.1 Å². The number of halogens is 1. The van der Waals surface area contributed by atoms with E-state index in [2.05, 4.69) is 0 Å². The van der Waals surface area contributed by atoms with Crippen LogP contribution in [-0.4, -0.2) is 25.3 Å². The fourth-order valence-corrected chi connectivity index (χ4v) is 3.61. The Labute approximate surface area is 94.7 Å². The third-order valence-electron chi connectivity index (χ3n) is 1.31. The zero-order valence-corrected chi connectivity index (χ0v) is 11.1. The normalized spacial score (nSPS) is 13.3. The molecule has 0 aliphatic rings. The summed E-state index contributed by atoms with van der Waals surface area (Å²) in [5.41, 5.74) is 0. The third-order valence-corrected chi connectivity index (χ3v) is 4.59. The minimum Gasteiger partial charge on any atom is -0.306 e. The molecular weight excluding hydrogens is 243 g/mol. The number of hydrogen-bond acceptors (Lipinski definition) is 4. The standard InChI is InChI=1S/C8H16ClO3PS/c1-4-11-13(10,12-5-2)7-8(6-9)14-3/h7H,4-6H2,1-3H3/b8-7+. The number of alkyl halides is 1. The minimum absolute atomic E-state index is 0.325. The highest BCUT2D eigenvalue weighted by Gasteiger charge is 2.20. The first kappa shape index (κ1) is 14.5. The lowest BCUT2D eigenvalue weighted by atomic mass is 10.7. The highest BCUT2D eigenvalue weighted by molar-refractivity contribution is 8.02. The highest BCUT2D eigenvalue weighted by atomic mass is 35.5. The van der Waals surface area contributed by atoms with Gasteiger partial charge in [0.25, 0.3) is 0 Å². The Kier molecular flexibility index (Phi) is 8.07. The first-order valence-corrected chi connectivity index (χ1v) is 7.69. The summed E-state index contributed by atoms with van der Waals surface area (Å²) < 4.78 is 22.1. The predicted octanol–water partition coefficient (Wildman–Crippen LogP) is 3.70. The predicted molar refractivity (Wildman–Crippen MR) is 63.2 cm³/mol. The molecule has 14 heavy (non-hydrogen) atoms. The van der Waals surface area contributed by atoms with Gasteiger partial charge in [0, 0.05) is 10.7 Å². The van der Waals surface area contributed by atoms with Crippen LogP contribution >= 0.6 is 31.0 Å². The van der Waals surface area contributed by atoms with Crippen molar-refractivity contribution in [2.75, 3.05) is 25.3 Å². The Bertz CT molecular complexity index is 217. The van der Waals surface area contributed by atoms with Crippen molar-refractivity contribution in [3.8, 4) is 0 Å². The summed E-state index contributed by atoms with van der Waals surface area (Å²) in [5, 5.41) is 0. The van der Waals surface area contributed by atoms with Crippen molar-refractivity contribution >= 4 is 31.0 Å². The van der Waals surface area contributed by atoms with Crippen molar-refractivity contribution in [2.45, 2.75) is 13.8 Å². The van der Waals surface area contributed by atoms with Gasteiger partial charge in [-0.05, 0) is 20.1 Å². The SMILES string of the molecule is CCOP(=O)(/C=C(\CCl)SC)OCC. The Hall–Kier alpha value is 0.530. The summed E-state index contributed by atoms with van der Waals surface area (Å²) in [5.74, 6) is 1.82. The molecule has 0 unspecified atom stereocenters. The van der Waals surface area contributed by atoms with Gasteiger partial charge in [-0.1, -0.05) is 0 Å². The molecule has 0 rings (SSSR count). The van der Waals surface area contributed by atoms with E-state index in [-0.39, 0.29) is 0 Å². The van der Waals surface area contributed by atoms with Crippen molar-refractivity contribution in [1.29, 1.82) is 0 Å². The summed E-state index contributed by atoms with van der Waals surface area (Å²) in [6, 6.07) is 0. The van der Waals surface area contributed by atoms with Crippen LogP contribution in [0.5, 0.6) is 0 Å². The Morgan fingerprint density at radius 2 is 1.93 bits per heavy atom. The number of thioether (sulfide) groups is 1. The Balaban J connectivity index is 4.64. The van der Waals surface area contributed by atoms with Crippen LogP contribution in [0, 0.1) is 0 Å². The fraction of sp³-hybridized carbons (Fsp3) is 0.750. The molecule has 0 atom stereocenters. The first-order chi connectivity index (χ1) is 6.61. The molecule has 0 aromatic rings. The van der Waals surface area contributed by atoms with E-state index in [1.165, 1.54) is 17.6 Å². The lowest BCUT2D eigenvalue weighted by Gasteiger charge is -2.13.